The maximum Gasteiger partial charge on any atom is 0.412 e. The molecular formula is C19H21F2N3O4. The molecule has 7 nitrogen and oxygen atoms in total. The summed E-state index contributed by atoms with van der Waals surface area (Å²) in [6.45, 7) is 5.82. The van der Waals surface area contributed by atoms with E-state index in [0.29, 0.717) is 6.29 Å². The molecule has 0 saturated heterocycles. The van der Waals surface area contributed by atoms with E-state index in [1.54, 1.807) is 20.8 Å². The summed E-state index contributed by atoms with van der Waals surface area (Å²) in [6.07, 6.45) is 2.25. The third-order valence-corrected chi connectivity index (χ3v) is 3.53. The molecule has 0 atom stereocenters. The number of rotatable bonds is 5. The lowest BCUT2D eigenvalue weighted by Crippen LogP contribution is -2.27. The molecule has 1 amide bonds. The summed E-state index contributed by atoms with van der Waals surface area (Å²) in [5.74, 6) is -3.09. The summed E-state index contributed by atoms with van der Waals surface area (Å²) in [5.41, 5.74) is -0.672. The third-order valence-electron chi connectivity index (χ3n) is 3.53. The number of alkyl halides is 2. The second kappa shape index (κ2) is 7.87. The summed E-state index contributed by atoms with van der Waals surface area (Å²) in [4.78, 5) is 31.6. The summed E-state index contributed by atoms with van der Waals surface area (Å²) in [6, 6.07) is 2.51. The van der Waals surface area contributed by atoms with E-state index < -0.39 is 23.3 Å². The third kappa shape index (κ3) is 4.99. The lowest BCUT2D eigenvalue weighted by molar-refractivity contribution is 0.0125. The topological polar surface area (TPSA) is 90.4 Å². The Hall–Kier alpha value is -3.10. The zero-order valence-electron chi connectivity index (χ0n) is 16.2. The number of aldehydes is 1. The maximum atomic E-state index is 13.5. The van der Waals surface area contributed by atoms with Gasteiger partial charge in [0.1, 0.15) is 17.0 Å². The summed E-state index contributed by atoms with van der Waals surface area (Å²) < 4.78 is 37.4. The quantitative estimate of drug-likeness (QED) is 0.756. The van der Waals surface area contributed by atoms with Gasteiger partial charge in [0.2, 0.25) is 0 Å². The largest absolute Gasteiger partial charge is 0.496 e. The van der Waals surface area contributed by atoms with Gasteiger partial charge in [0.25, 0.3) is 5.92 Å². The van der Waals surface area contributed by atoms with E-state index in [9.17, 15) is 18.4 Å². The molecule has 0 unspecified atom stereocenters. The van der Waals surface area contributed by atoms with Crippen LogP contribution in [-0.2, 0) is 10.7 Å². The van der Waals surface area contributed by atoms with Crippen molar-refractivity contribution in [3.05, 3.63) is 35.8 Å². The van der Waals surface area contributed by atoms with Crippen molar-refractivity contribution in [2.45, 2.75) is 39.2 Å². The second-order valence-corrected chi connectivity index (χ2v) is 7.02. The van der Waals surface area contributed by atoms with Crippen LogP contribution in [0, 0.1) is 0 Å². The van der Waals surface area contributed by atoms with Gasteiger partial charge in [0.05, 0.1) is 29.6 Å². The van der Waals surface area contributed by atoms with Crippen LogP contribution in [0.15, 0.2) is 24.5 Å². The van der Waals surface area contributed by atoms with Crippen LogP contribution in [0.25, 0.3) is 11.3 Å². The molecule has 0 aliphatic carbocycles. The summed E-state index contributed by atoms with van der Waals surface area (Å²) in [7, 11) is 1.31. The SMILES string of the molecule is COc1cc(C(C)(F)F)ncc1-c1nccc(NC(=O)OC(C)(C)C)c1C=O. The van der Waals surface area contributed by atoms with Gasteiger partial charge in [-0.25, -0.2) is 4.79 Å². The average Bonchev–Trinajstić information content (AvgIpc) is 2.58. The average molecular weight is 393 g/mol. The van der Waals surface area contributed by atoms with Crippen LogP contribution in [0.1, 0.15) is 43.7 Å². The van der Waals surface area contributed by atoms with E-state index in [1.807, 2.05) is 0 Å². The van der Waals surface area contributed by atoms with Gasteiger partial charge in [0, 0.05) is 25.4 Å². The number of hydrogen-bond acceptors (Lipinski definition) is 6. The number of nitrogens with one attached hydrogen (secondary N) is 1. The molecular weight excluding hydrogens is 372 g/mol. The lowest BCUT2D eigenvalue weighted by Gasteiger charge is -2.20. The molecule has 0 spiro atoms. The first-order valence-electron chi connectivity index (χ1n) is 8.33. The van der Waals surface area contributed by atoms with Gasteiger partial charge in [-0.05, 0) is 26.8 Å². The van der Waals surface area contributed by atoms with Crippen molar-refractivity contribution in [3.8, 4) is 17.0 Å². The fourth-order valence-corrected chi connectivity index (χ4v) is 2.35. The van der Waals surface area contributed by atoms with Crippen LogP contribution in [0.2, 0.25) is 0 Å². The van der Waals surface area contributed by atoms with E-state index in [4.69, 9.17) is 9.47 Å². The van der Waals surface area contributed by atoms with Gasteiger partial charge in [-0.3, -0.25) is 20.1 Å². The molecule has 2 aromatic heterocycles. The van der Waals surface area contributed by atoms with Crippen molar-refractivity contribution < 1.29 is 27.8 Å². The molecule has 0 aliphatic rings. The van der Waals surface area contributed by atoms with Crippen LogP contribution in [0.4, 0.5) is 19.3 Å². The predicted molar refractivity (Wildman–Crippen MR) is 98.8 cm³/mol. The summed E-state index contributed by atoms with van der Waals surface area (Å²) in [5, 5.41) is 2.49. The van der Waals surface area contributed by atoms with E-state index in [0.717, 1.165) is 19.2 Å². The van der Waals surface area contributed by atoms with Gasteiger partial charge in [-0.2, -0.15) is 8.78 Å². The molecule has 2 heterocycles. The van der Waals surface area contributed by atoms with Gasteiger partial charge >= 0.3 is 6.09 Å². The van der Waals surface area contributed by atoms with Crippen molar-refractivity contribution in [1.29, 1.82) is 0 Å². The van der Waals surface area contributed by atoms with Gasteiger partial charge in [-0.15, -0.1) is 0 Å². The molecule has 2 rings (SSSR count). The highest BCUT2D eigenvalue weighted by atomic mass is 19.3. The highest BCUT2D eigenvalue weighted by Gasteiger charge is 2.28. The molecule has 0 saturated carbocycles. The Bertz CT molecular complexity index is 890. The van der Waals surface area contributed by atoms with Crippen LogP contribution in [0.5, 0.6) is 5.75 Å². The first-order valence-corrected chi connectivity index (χ1v) is 8.33. The number of aromatic nitrogens is 2. The van der Waals surface area contributed by atoms with Gasteiger partial charge in [-0.1, -0.05) is 0 Å². The number of carbonyl (C=O) groups is 2. The van der Waals surface area contributed by atoms with Crippen LogP contribution >= 0.6 is 0 Å². The molecule has 2 aromatic rings. The Kier molecular flexibility index (Phi) is 5.96. The molecule has 0 radical (unpaired) electrons. The molecule has 1 N–H and O–H groups in total. The van der Waals surface area contributed by atoms with Gasteiger partial charge < -0.3 is 9.47 Å². The Balaban J connectivity index is 2.50. The lowest BCUT2D eigenvalue weighted by atomic mass is 10.0. The number of ether oxygens (including phenoxy) is 2. The molecule has 28 heavy (non-hydrogen) atoms. The van der Waals surface area contributed by atoms with Crippen LogP contribution in [-0.4, -0.2) is 35.1 Å². The van der Waals surface area contributed by atoms with Crippen molar-refractivity contribution in [1.82, 2.24) is 9.97 Å². The Morgan fingerprint density at radius 2 is 1.89 bits per heavy atom. The number of hydrogen-bond donors (Lipinski definition) is 1. The van der Waals surface area contributed by atoms with E-state index in [2.05, 4.69) is 15.3 Å². The first kappa shape index (κ1) is 21.2. The molecule has 150 valence electrons. The maximum absolute atomic E-state index is 13.5. The smallest absolute Gasteiger partial charge is 0.412 e. The fraction of sp³-hybridized carbons (Fsp3) is 0.368. The number of amides is 1. The number of anilines is 1. The Morgan fingerprint density at radius 1 is 1.21 bits per heavy atom. The number of methoxy groups -OCH3 is 1. The highest BCUT2D eigenvalue weighted by Crippen LogP contribution is 2.36. The van der Waals surface area contributed by atoms with Crippen molar-refractivity contribution in [2.24, 2.45) is 0 Å². The van der Waals surface area contributed by atoms with Crippen molar-refractivity contribution >= 4 is 18.1 Å². The number of carbonyl (C=O) groups excluding carboxylic acids is 2. The zero-order chi connectivity index (χ0) is 21.1. The highest BCUT2D eigenvalue weighted by molar-refractivity contribution is 5.98. The normalized spacial score (nSPS) is 11.7. The van der Waals surface area contributed by atoms with E-state index >= 15 is 0 Å². The monoisotopic (exact) mass is 393 g/mol. The first-order chi connectivity index (χ1) is 13.0. The molecule has 0 fully saturated rings. The van der Waals surface area contributed by atoms with E-state index in [1.165, 1.54) is 19.4 Å². The van der Waals surface area contributed by atoms with E-state index in [-0.39, 0.29) is 28.3 Å². The second-order valence-electron chi connectivity index (χ2n) is 7.02. The fourth-order valence-electron chi connectivity index (χ4n) is 2.35. The predicted octanol–water partition coefficient (Wildman–Crippen LogP) is 4.42. The standard InChI is InChI=1S/C19H21F2N3O4/c1-18(2,3)28-17(26)24-13-6-7-22-16(12(13)10-25)11-9-23-15(19(4,20)21)8-14(11)27-5/h6-10H,1-5H3,(H,22,24,26). The number of halogens is 2. The van der Waals surface area contributed by atoms with Crippen LogP contribution < -0.4 is 10.1 Å². The minimum absolute atomic E-state index is 0.0319. The number of pyridine rings is 2. The molecule has 0 aromatic carbocycles. The van der Waals surface area contributed by atoms with Gasteiger partial charge in [0.15, 0.2) is 6.29 Å². The molecule has 0 bridgehead atoms. The Morgan fingerprint density at radius 3 is 2.43 bits per heavy atom. The Labute approximate surface area is 161 Å². The minimum atomic E-state index is -3.16. The molecule has 9 heteroatoms. The number of nitrogens with zero attached hydrogens (tertiary/aromatic N) is 2. The van der Waals surface area contributed by atoms with Crippen molar-refractivity contribution in [2.75, 3.05) is 12.4 Å². The van der Waals surface area contributed by atoms with Crippen molar-refractivity contribution in [3.63, 3.8) is 0 Å². The van der Waals surface area contributed by atoms with Crippen LogP contribution in [0.3, 0.4) is 0 Å². The minimum Gasteiger partial charge on any atom is -0.496 e. The zero-order valence-corrected chi connectivity index (χ0v) is 16.2. The molecule has 0 aliphatic heterocycles. The summed E-state index contributed by atoms with van der Waals surface area (Å²) >= 11 is 0.